The van der Waals surface area contributed by atoms with Crippen LogP contribution in [0.1, 0.15) is 51.0 Å². The molecule has 2 rings (SSSR count). The van der Waals surface area contributed by atoms with E-state index >= 15 is 0 Å². The molecule has 0 amide bonds. The Morgan fingerprint density at radius 1 is 1.20 bits per heavy atom. The number of hydrogen-bond donors (Lipinski definition) is 1. The van der Waals surface area contributed by atoms with Crippen LogP contribution in [0.15, 0.2) is 40.4 Å². The Bertz CT molecular complexity index is 439. The van der Waals surface area contributed by atoms with E-state index in [9.17, 15) is 0 Å². The van der Waals surface area contributed by atoms with Gasteiger partial charge in [0, 0.05) is 10.5 Å². The molecular formula is C18H26BrN. The van der Waals surface area contributed by atoms with E-state index in [4.69, 9.17) is 0 Å². The molecule has 0 heterocycles. The highest BCUT2D eigenvalue weighted by Gasteiger charge is 2.16. The molecule has 1 aliphatic carbocycles. The molecule has 1 aromatic carbocycles. The summed E-state index contributed by atoms with van der Waals surface area (Å²) in [4.78, 5) is 0. The minimum atomic E-state index is 0.506. The lowest BCUT2D eigenvalue weighted by Gasteiger charge is -2.22. The van der Waals surface area contributed by atoms with Crippen molar-refractivity contribution in [2.75, 3.05) is 6.54 Å². The van der Waals surface area contributed by atoms with Crippen molar-refractivity contribution < 1.29 is 0 Å². The van der Waals surface area contributed by atoms with Gasteiger partial charge in [0.05, 0.1) is 0 Å². The van der Waals surface area contributed by atoms with Crippen molar-refractivity contribution in [3.05, 3.63) is 46.0 Å². The van der Waals surface area contributed by atoms with Crippen LogP contribution in [0.5, 0.6) is 0 Å². The van der Waals surface area contributed by atoms with Crippen LogP contribution in [-0.4, -0.2) is 12.6 Å². The van der Waals surface area contributed by atoms with Gasteiger partial charge in [-0.25, -0.2) is 0 Å². The molecule has 1 aromatic rings. The monoisotopic (exact) mass is 335 g/mol. The minimum absolute atomic E-state index is 0.506. The van der Waals surface area contributed by atoms with Gasteiger partial charge in [-0.3, -0.25) is 0 Å². The van der Waals surface area contributed by atoms with Crippen LogP contribution in [0.2, 0.25) is 0 Å². The van der Waals surface area contributed by atoms with Gasteiger partial charge in [0.1, 0.15) is 0 Å². The lowest BCUT2D eigenvalue weighted by atomic mass is 9.95. The second-order valence-corrected chi connectivity index (χ2v) is 6.53. The van der Waals surface area contributed by atoms with Gasteiger partial charge in [-0.05, 0) is 56.7 Å². The largest absolute Gasteiger partial charge is 0.310 e. The maximum atomic E-state index is 3.75. The highest BCUT2D eigenvalue weighted by Crippen LogP contribution is 2.24. The van der Waals surface area contributed by atoms with E-state index in [1.165, 1.54) is 48.6 Å². The molecule has 0 aliphatic heterocycles. The van der Waals surface area contributed by atoms with E-state index in [2.05, 4.69) is 58.5 Å². The molecule has 0 spiro atoms. The minimum Gasteiger partial charge on any atom is -0.310 e. The molecule has 1 atom stereocenters. The van der Waals surface area contributed by atoms with E-state index < -0.39 is 0 Å². The Hall–Kier alpha value is -0.600. The third kappa shape index (κ3) is 4.75. The van der Waals surface area contributed by atoms with Crippen molar-refractivity contribution in [2.45, 2.75) is 57.9 Å². The van der Waals surface area contributed by atoms with Crippen LogP contribution >= 0.6 is 15.9 Å². The van der Waals surface area contributed by atoms with Crippen molar-refractivity contribution >= 4 is 15.9 Å². The van der Waals surface area contributed by atoms with E-state index in [1.807, 2.05) is 0 Å². The van der Waals surface area contributed by atoms with Gasteiger partial charge in [-0.2, -0.15) is 0 Å². The zero-order chi connectivity index (χ0) is 14.2. The summed E-state index contributed by atoms with van der Waals surface area (Å²) in [5.41, 5.74) is 3.04. The van der Waals surface area contributed by atoms with E-state index in [-0.39, 0.29) is 0 Å². The van der Waals surface area contributed by atoms with Crippen molar-refractivity contribution in [3.8, 4) is 0 Å². The molecule has 0 aromatic heterocycles. The number of rotatable bonds is 6. The van der Waals surface area contributed by atoms with Crippen LogP contribution < -0.4 is 5.32 Å². The Kier molecular flexibility index (Phi) is 6.81. The lowest BCUT2D eigenvalue weighted by Crippen LogP contribution is -2.33. The topological polar surface area (TPSA) is 12.0 Å². The summed E-state index contributed by atoms with van der Waals surface area (Å²) in [7, 11) is 0. The van der Waals surface area contributed by atoms with Crippen LogP contribution in [0.4, 0.5) is 0 Å². The fourth-order valence-electron chi connectivity index (χ4n) is 2.89. The van der Waals surface area contributed by atoms with Gasteiger partial charge in [0.25, 0.3) is 0 Å². The van der Waals surface area contributed by atoms with Gasteiger partial charge in [0.15, 0.2) is 0 Å². The van der Waals surface area contributed by atoms with E-state index in [1.54, 1.807) is 5.57 Å². The third-order valence-corrected chi connectivity index (χ3v) is 4.82. The summed E-state index contributed by atoms with van der Waals surface area (Å²) in [5, 5.41) is 3.75. The zero-order valence-electron chi connectivity index (χ0n) is 12.5. The van der Waals surface area contributed by atoms with E-state index in [0.717, 1.165) is 13.0 Å². The number of allylic oxidation sites excluding steroid dienone is 1. The summed E-state index contributed by atoms with van der Waals surface area (Å²) in [5.74, 6) is 0. The number of nitrogens with one attached hydrogen (secondary N) is 1. The summed E-state index contributed by atoms with van der Waals surface area (Å²) in [6.07, 6.45) is 11.4. The molecule has 0 bridgehead atoms. The molecule has 0 radical (unpaired) electrons. The van der Waals surface area contributed by atoms with E-state index in [0.29, 0.717) is 6.04 Å². The fraction of sp³-hybridized carbons (Fsp3) is 0.556. The normalized spacial score (nSPS) is 17.4. The molecule has 0 saturated carbocycles. The predicted octanol–water partition coefficient (Wildman–Crippen LogP) is 5.25. The molecule has 1 nitrogen and oxygen atoms in total. The lowest BCUT2D eigenvalue weighted by molar-refractivity contribution is 0.542. The van der Waals surface area contributed by atoms with Gasteiger partial charge < -0.3 is 5.32 Å². The Morgan fingerprint density at radius 3 is 2.85 bits per heavy atom. The van der Waals surface area contributed by atoms with Crippen LogP contribution in [0.25, 0.3) is 0 Å². The van der Waals surface area contributed by atoms with Gasteiger partial charge in [-0.1, -0.05) is 59.1 Å². The highest BCUT2D eigenvalue weighted by molar-refractivity contribution is 9.10. The standard InChI is InChI=1S/C18H26BrN/c1-2-13-20-18(15-9-5-3-4-6-10-15)14-16-11-7-8-12-17(16)19/h7-9,11-12,18,20H,2-6,10,13-14H2,1H3. The number of halogens is 1. The molecule has 1 aliphatic rings. The Balaban J connectivity index is 2.10. The molecule has 1 unspecified atom stereocenters. The van der Waals surface area contributed by atoms with Crippen LogP contribution in [0.3, 0.4) is 0 Å². The first kappa shape index (κ1) is 15.8. The van der Waals surface area contributed by atoms with Gasteiger partial charge in [0.2, 0.25) is 0 Å². The smallest absolute Gasteiger partial charge is 0.0320 e. The first-order chi connectivity index (χ1) is 9.81. The van der Waals surface area contributed by atoms with Crippen LogP contribution in [0, 0.1) is 0 Å². The van der Waals surface area contributed by atoms with Gasteiger partial charge in [-0.15, -0.1) is 0 Å². The summed E-state index contributed by atoms with van der Waals surface area (Å²) < 4.78 is 1.23. The molecule has 2 heteroatoms. The first-order valence-electron chi connectivity index (χ1n) is 7.97. The summed E-state index contributed by atoms with van der Waals surface area (Å²) >= 11 is 3.69. The number of hydrogen-bond acceptors (Lipinski definition) is 1. The van der Waals surface area contributed by atoms with Crippen molar-refractivity contribution in [1.82, 2.24) is 5.32 Å². The van der Waals surface area contributed by atoms with Crippen molar-refractivity contribution in [1.29, 1.82) is 0 Å². The van der Waals surface area contributed by atoms with Crippen LogP contribution in [-0.2, 0) is 6.42 Å². The summed E-state index contributed by atoms with van der Waals surface area (Å²) in [6, 6.07) is 9.12. The average molecular weight is 336 g/mol. The van der Waals surface area contributed by atoms with Crippen molar-refractivity contribution in [2.24, 2.45) is 0 Å². The Morgan fingerprint density at radius 2 is 2.05 bits per heavy atom. The van der Waals surface area contributed by atoms with Gasteiger partial charge >= 0.3 is 0 Å². The molecular weight excluding hydrogens is 310 g/mol. The second-order valence-electron chi connectivity index (χ2n) is 5.68. The molecule has 1 N–H and O–H groups in total. The predicted molar refractivity (Wildman–Crippen MR) is 91.1 cm³/mol. The Labute approximate surface area is 132 Å². The zero-order valence-corrected chi connectivity index (χ0v) is 14.1. The molecule has 0 fully saturated rings. The van der Waals surface area contributed by atoms with Crippen molar-refractivity contribution in [3.63, 3.8) is 0 Å². The quantitative estimate of drug-likeness (QED) is 0.700. The number of benzene rings is 1. The molecule has 110 valence electrons. The maximum absolute atomic E-state index is 3.75. The molecule has 0 saturated heterocycles. The maximum Gasteiger partial charge on any atom is 0.0320 e. The second kappa shape index (κ2) is 8.63. The average Bonchev–Trinajstić information content (AvgIpc) is 2.74. The fourth-order valence-corrected chi connectivity index (χ4v) is 3.34. The summed E-state index contributed by atoms with van der Waals surface area (Å²) in [6.45, 7) is 3.34. The SMILES string of the molecule is CCCNC(Cc1ccccc1Br)C1=CCCCCC1. The molecule has 20 heavy (non-hydrogen) atoms. The highest BCUT2D eigenvalue weighted by atomic mass is 79.9. The third-order valence-electron chi connectivity index (χ3n) is 4.05. The first-order valence-corrected chi connectivity index (χ1v) is 8.76.